The van der Waals surface area contributed by atoms with Gasteiger partial charge < -0.3 is 0 Å². The second kappa shape index (κ2) is 4.69. The van der Waals surface area contributed by atoms with Crippen molar-refractivity contribution >= 4 is 38.9 Å². The molecule has 2 aromatic rings. The van der Waals surface area contributed by atoms with E-state index in [1.54, 1.807) is 11.3 Å². The molecule has 0 saturated carbocycles. The Kier molecular flexibility index (Phi) is 3.49. The van der Waals surface area contributed by atoms with Crippen molar-refractivity contribution in [1.82, 2.24) is 0 Å². The van der Waals surface area contributed by atoms with E-state index in [9.17, 15) is 0 Å². The minimum Gasteiger partial charge on any atom is -0.146 e. The molecule has 0 radical (unpaired) electrons. The van der Waals surface area contributed by atoms with Gasteiger partial charge >= 0.3 is 0 Å². The van der Waals surface area contributed by atoms with Crippen molar-refractivity contribution in [1.29, 1.82) is 0 Å². The fourth-order valence-electron chi connectivity index (χ4n) is 1.37. The van der Waals surface area contributed by atoms with E-state index in [-0.39, 0.29) is 4.83 Å². The van der Waals surface area contributed by atoms with Crippen LogP contribution < -0.4 is 0 Å². The summed E-state index contributed by atoms with van der Waals surface area (Å²) in [5.74, 6) is 0. The molecule has 1 aromatic carbocycles. The van der Waals surface area contributed by atoms with Gasteiger partial charge in [-0.25, -0.2) is 0 Å². The van der Waals surface area contributed by atoms with Crippen molar-refractivity contribution in [2.75, 3.05) is 0 Å². The summed E-state index contributed by atoms with van der Waals surface area (Å²) in [6.45, 7) is 2.09. The van der Waals surface area contributed by atoms with Crippen LogP contribution in [0.5, 0.6) is 0 Å². The standard InChI is InChI=1S/C12H10BrClS/c1-8-2-4-9(5-3-8)11(13)12-10(14)6-7-15-12/h2-7,11H,1H3. The highest BCUT2D eigenvalue weighted by Gasteiger charge is 2.14. The third kappa shape index (κ3) is 2.44. The van der Waals surface area contributed by atoms with Crippen LogP contribution in [0.1, 0.15) is 20.8 Å². The summed E-state index contributed by atoms with van der Waals surface area (Å²) in [6.07, 6.45) is 0. The Morgan fingerprint density at radius 3 is 2.40 bits per heavy atom. The largest absolute Gasteiger partial charge is 0.146 e. The number of aryl methyl sites for hydroxylation is 1. The molecule has 0 N–H and O–H groups in total. The normalized spacial score (nSPS) is 12.7. The number of alkyl halides is 1. The minimum absolute atomic E-state index is 0.200. The summed E-state index contributed by atoms with van der Waals surface area (Å²) in [5, 5.41) is 2.85. The van der Waals surface area contributed by atoms with Gasteiger partial charge in [-0.15, -0.1) is 11.3 Å². The Labute approximate surface area is 107 Å². The Bertz CT molecular complexity index is 447. The van der Waals surface area contributed by atoms with Crippen LogP contribution in [0.4, 0.5) is 0 Å². The molecule has 0 spiro atoms. The van der Waals surface area contributed by atoms with Gasteiger partial charge in [0.1, 0.15) is 0 Å². The molecule has 1 aromatic heterocycles. The molecule has 0 bridgehead atoms. The van der Waals surface area contributed by atoms with Crippen LogP contribution in [-0.4, -0.2) is 0 Å². The van der Waals surface area contributed by atoms with E-state index in [0.717, 1.165) is 5.02 Å². The monoisotopic (exact) mass is 300 g/mol. The first-order chi connectivity index (χ1) is 7.18. The van der Waals surface area contributed by atoms with Crippen LogP contribution in [0, 0.1) is 6.92 Å². The predicted molar refractivity (Wildman–Crippen MR) is 71.3 cm³/mol. The molecular formula is C12H10BrClS. The highest BCUT2D eigenvalue weighted by Crippen LogP contribution is 2.38. The fraction of sp³-hybridized carbons (Fsp3) is 0.167. The number of benzene rings is 1. The third-order valence-electron chi connectivity index (χ3n) is 2.24. The highest BCUT2D eigenvalue weighted by molar-refractivity contribution is 9.09. The van der Waals surface area contributed by atoms with E-state index in [1.807, 2.05) is 11.4 Å². The molecule has 1 unspecified atom stereocenters. The molecule has 0 amide bonds. The van der Waals surface area contributed by atoms with E-state index in [4.69, 9.17) is 11.6 Å². The van der Waals surface area contributed by atoms with E-state index in [1.165, 1.54) is 16.0 Å². The van der Waals surface area contributed by atoms with Gasteiger partial charge in [0, 0.05) is 4.88 Å². The lowest BCUT2D eigenvalue weighted by molar-refractivity contribution is 1.22. The van der Waals surface area contributed by atoms with Gasteiger partial charge in [0.15, 0.2) is 0 Å². The molecule has 1 atom stereocenters. The van der Waals surface area contributed by atoms with Crippen molar-refractivity contribution in [3.63, 3.8) is 0 Å². The molecule has 0 fully saturated rings. The molecule has 0 aliphatic rings. The van der Waals surface area contributed by atoms with Crippen LogP contribution in [0.25, 0.3) is 0 Å². The summed E-state index contributed by atoms with van der Waals surface area (Å²) in [5.41, 5.74) is 2.51. The first-order valence-electron chi connectivity index (χ1n) is 4.62. The molecule has 0 nitrogen and oxygen atoms in total. The van der Waals surface area contributed by atoms with Crippen LogP contribution in [0.3, 0.4) is 0 Å². The Balaban J connectivity index is 2.32. The quantitative estimate of drug-likeness (QED) is 0.669. The maximum Gasteiger partial charge on any atom is 0.0753 e. The molecule has 2 rings (SSSR count). The smallest absolute Gasteiger partial charge is 0.0753 e. The van der Waals surface area contributed by atoms with Crippen molar-refractivity contribution in [3.8, 4) is 0 Å². The molecule has 1 heterocycles. The van der Waals surface area contributed by atoms with Crippen LogP contribution in [0.2, 0.25) is 5.02 Å². The number of rotatable bonds is 2. The van der Waals surface area contributed by atoms with Crippen molar-refractivity contribution in [3.05, 3.63) is 56.7 Å². The number of halogens is 2. The highest BCUT2D eigenvalue weighted by atomic mass is 79.9. The van der Waals surface area contributed by atoms with Crippen molar-refractivity contribution in [2.45, 2.75) is 11.8 Å². The fourth-order valence-corrected chi connectivity index (χ4v) is 3.55. The van der Waals surface area contributed by atoms with E-state index < -0.39 is 0 Å². The summed E-state index contributed by atoms with van der Waals surface area (Å²) < 4.78 is 0. The van der Waals surface area contributed by atoms with Crippen molar-refractivity contribution < 1.29 is 0 Å². The topological polar surface area (TPSA) is 0 Å². The zero-order chi connectivity index (χ0) is 10.8. The van der Waals surface area contributed by atoms with Gasteiger partial charge in [0.2, 0.25) is 0 Å². The predicted octanol–water partition coefficient (Wildman–Crippen LogP) is 5.19. The molecular weight excluding hydrogens is 292 g/mol. The molecule has 0 aliphatic heterocycles. The summed E-state index contributed by atoms with van der Waals surface area (Å²) in [6, 6.07) is 10.4. The summed E-state index contributed by atoms with van der Waals surface area (Å²) in [4.78, 5) is 1.37. The number of hydrogen-bond donors (Lipinski definition) is 0. The summed E-state index contributed by atoms with van der Waals surface area (Å²) in [7, 11) is 0. The molecule has 78 valence electrons. The zero-order valence-electron chi connectivity index (χ0n) is 8.21. The van der Waals surface area contributed by atoms with E-state index in [2.05, 4.69) is 47.1 Å². The van der Waals surface area contributed by atoms with E-state index >= 15 is 0 Å². The van der Waals surface area contributed by atoms with Gasteiger partial charge in [-0.3, -0.25) is 0 Å². The maximum absolute atomic E-state index is 6.10. The minimum atomic E-state index is 0.200. The van der Waals surface area contributed by atoms with Crippen LogP contribution in [-0.2, 0) is 0 Å². The lowest BCUT2D eigenvalue weighted by Crippen LogP contribution is -1.89. The Hall–Kier alpha value is -0.310. The van der Waals surface area contributed by atoms with Crippen molar-refractivity contribution in [2.24, 2.45) is 0 Å². The average Bonchev–Trinajstić information content (AvgIpc) is 2.65. The van der Waals surface area contributed by atoms with Gasteiger partial charge in [-0.1, -0.05) is 57.4 Å². The maximum atomic E-state index is 6.10. The average molecular weight is 302 g/mol. The molecule has 0 aliphatic carbocycles. The lowest BCUT2D eigenvalue weighted by atomic mass is 10.1. The lowest BCUT2D eigenvalue weighted by Gasteiger charge is -2.09. The van der Waals surface area contributed by atoms with Gasteiger partial charge in [0.05, 0.1) is 9.85 Å². The van der Waals surface area contributed by atoms with Gasteiger partial charge in [0.25, 0.3) is 0 Å². The third-order valence-corrected chi connectivity index (χ3v) is 4.96. The second-order valence-electron chi connectivity index (χ2n) is 3.41. The van der Waals surface area contributed by atoms with Gasteiger partial charge in [-0.2, -0.15) is 0 Å². The molecule has 15 heavy (non-hydrogen) atoms. The summed E-state index contributed by atoms with van der Waals surface area (Å²) >= 11 is 11.4. The first-order valence-corrected chi connectivity index (χ1v) is 6.79. The number of thiophene rings is 1. The number of hydrogen-bond acceptors (Lipinski definition) is 1. The zero-order valence-corrected chi connectivity index (χ0v) is 11.4. The van der Waals surface area contributed by atoms with Gasteiger partial charge in [-0.05, 0) is 23.9 Å². The first kappa shape index (κ1) is 11.2. The van der Waals surface area contributed by atoms with E-state index in [0.29, 0.717) is 0 Å². The second-order valence-corrected chi connectivity index (χ2v) is 5.68. The SMILES string of the molecule is Cc1ccc(C(Br)c2sccc2Cl)cc1. The Morgan fingerprint density at radius 2 is 1.87 bits per heavy atom. The van der Waals surface area contributed by atoms with Crippen LogP contribution in [0.15, 0.2) is 35.7 Å². The molecule has 0 saturated heterocycles. The van der Waals surface area contributed by atoms with Crippen LogP contribution >= 0.6 is 38.9 Å². The molecule has 3 heteroatoms. The Morgan fingerprint density at radius 1 is 1.20 bits per heavy atom.